The molecule has 0 aliphatic carbocycles. The summed E-state index contributed by atoms with van der Waals surface area (Å²) in [5, 5.41) is 19.4. The third kappa shape index (κ3) is 2.55. The van der Waals surface area contributed by atoms with E-state index in [1.54, 1.807) is 17.0 Å². The molecule has 2 aromatic carbocycles. The topological polar surface area (TPSA) is 76.0 Å². The molecule has 0 saturated carbocycles. The lowest BCUT2D eigenvalue weighted by Crippen LogP contribution is -2.26. The summed E-state index contributed by atoms with van der Waals surface area (Å²) in [5.74, 6) is 0.0975. The fourth-order valence-electron chi connectivity index (χ4n) is 2.90. The highest BCUT2D eigenvalue weighted by Crippen LogP contribution is 2.32. The van der Waals surface area contributed by atoms with E-state index in [1.165, 1.54) is 12.1 Å². The Labute approximate surface area is 147 Å². The first-order chi connectivity index (χ1) is 11.9. The van der Waals surface area contributed by atoms with Crippen molar-refractivity contribution < 1.29 is 9.50 Å². The van der Waals surface area contributed by atoms with Crippen LogP contribution in [0.4, 0.5) is 10.1 Å². The van der Waals surface area contributed by atoms with Gasteiger partial charge in [-0.2, -0.15) is 0 Å². The number of benzene rings is 2. The first kappa shape index (κ1) is 15.7. The van der Waals surface area contributed by atoms with Crippen LogP contribution in [0.5, 0.6) is 0 Å². The number of aryl methyl sites for hydroxylation is 1. The summed E-state index contributed by atoms with van der Waals surface area (Å²) in [5.41, 5.74) is 3.03. The van der Waals surface area contributed by atoms with E-state index in [0.717, 1.165) is 5.56 Å². The molecule has 25 heavy (non-hydrogen) atoms. The summed E-state index contributed by atoms with van der Waals surface area (Å²) < 4.78 is 13.4. The summed E-state index contributed by atoms with van der Waals surface area (Å²) in [6, 6.07) is 9.68. The van der Waals surface area contributed by atoms with E-state index in [9.17, 15) is 9.50 Å². The third-order valence-electron chi connectivity index (χ3n) is 4.25. The van der Waals surface area contributed by atoms with Gasteiger partial charge in [-0.05, 0) is 42.8 Å². The summed E-state index contributed by atoms with van der Waals surface area (Å²) in [7, 11) is 0. The average molecular weight is 357 g/mol. The van der Waals surface area contributed by atoms with Crippen LogP contribution in [0.15, 0.2) is 42.2 Å². The number of fused-ring (bicyclic) bond motifs is 1. The van der Waals surface area contributed by atoms with Crippen LogP contribution < -0.4 is 4.90 Å². The molecular formula is C18H14ClFN4O. The van der Waals surface area contributed by atoms with Crippen molar-refractivity contribution in [2.45, 2.75) is 6.92 Å². The van der Waals surface area contributed by atoms with Crippen molar-refractivity contribution in [2.24, 2.45) is 0 Å². The Kier molecular flexibility index (Phi) is 3.51. The standard InChI is InChI=1S/C18H14ClFN4O/c1-9-2-4-11(7-12(9)19)24-8-15(25)16(17(24)21)18-22-13-5-3-10(20)6-14(13)23-18/h2-7,21,25H,8H2,1H3,(H,22,23). The van der Waals surface area contributed by atoms with E-state index >= 15 is 0 Å². The molecule has 0 atom stereocenters. The summed E-state index contributed by atoms with van der Waals surface area (Å²) in [4.78, 5) is 8.97. The Hall–Kier alpha value is -2.86. The number of nitrogens with zero attached hydrogens (tertiary/aromatic N) is 2. The van der Waals surface area contributed by atoms with Crippen molar-refractivity contribution in [3.8, 4) is 0 Å². The van der Waals surface area contributed by atoms with Crippen molar-refractivity contribution in [3.63, 3.8) is 0 Å². The van der Waals surface area contributed by atoms with E-state index in [-0.39, 0.29) is 24.0 Å². The number of anilines is 1. The second kappa shape index (κ2) is 5.60. The fraction of sp³-hybridized carbons (Fsp3) is 0.111. The molecule has 4 rings (SSSR count). The highest BCUT2D eigenvalue weighted by atomic mass is 35.5. The van der Waals surface area contributed by atoms with Crippen LogP contribution in [0, 0.1) is 18.2 Å². The van der Waals surface area contributed by atoms with Crippen molar-refractivity contribution >= 4 is 39.7 Å². The van der Waals surface area contributed by atoms with Crippen LogP contribution in [-0.2, 0) is 0 Å². The van der Waals surface area contributed by atoms with Gasteiger partial charge >= 0.3 is 0 Å². The number of nitrogens with one attached hydrogen (secondary N) is 2. The van der Waals surface area contributed by atoms with Gasteiger partial charge in [-0.1, -0.05) is 17.7 Å². The molecule has 0 spiro atoms. The van der Waals surface area contributed by atoms with Gasteiger partial charge in [0.2, 0.25) is 0 Å². The van der Waals surface area contributed by atoms with E-state index in [2.05, 4.69) is 9.97 Å². The SMILES string of the molecule is Cc1ccc(N2CC(O)=C(c3nc4ccc(F)cc4[nH]3)C2=N)cc1Cl. The Morgan fingerprint density at radius 1 is 1.28 bits per heavy atom. The van der Waals surface area contributed by atoms with Gasteiger partial charge in [0.1, 0.15) is 23.2 Å². The number of aliphatic hydroxyl groups excluding tert-OH is 1. The van der Waals surface area contributed by atoms with Gasteiger partial charge < -0.3 is 15.0 Å². The van der Waals surface area contributed by atoms with E-state index in [0.29, 0.717) is 33.1 Å². The number of rotatable bonds is 2. The maximum atomic E-state index is 13.4. The van der Waals surface area contributed by atoms with Crippen molar-refractivity contribution in [1.29, 1.82) is 5.41 Å². The predicted octanol–water partition coefficient (Wildman–Crippen LogP) is 4.43. The normalized spacial score (nSPS) is 14.8. The summed E-state index contributed by atoms with van der Waals surface area (Å²) >= 11 is 6.17. The van der Waals surface area contributed by atoms with E-state index < -0.39 is 0 Å². The van der Waals surface area contributed by atoms with Gasteiger partial charge in [-0.25, -0.2) is 9.37 Å². The fourth-order valence-corrected chi connectivity index (χ4v) is 3.07. The average Bonchev–Trinajstić information content (AvgIpc) is 3.10. The molecule has 126 valence electrons. The molecule has 0 fully saturated rings. The molecule has 2 heterocycles. The molecule has 1 aliphatic rings. The number of aromatic amines is 1. The number of aliphatic hydroxyl groups is 1. The zero-order valence-corrected chi connectivity index (χ0v) is 14.0. The molecular weight excluding hydrogens is 343 g/mol. The maximum absolute atomic E-state index is 13.4. The number of amidine groups is 1. The molecule has 1 aromatic heterocycles. The van der Waals surface area contributed by atoms with Crippen LogP contribution in [0.1, 0.15) is 11.4 Å². The van der Waals surface area contributed by atoms with Crippen LogP contribution >= 0.6 is 11.6 Å². The predicted molar refractivity (Wildman–Crippen MR) is 96.9 cm³/mol. The number of hydrogen-bond donors (Lipinski definition) is 3. The molecule has 0 unspecified atom stereocenters. The third-order valence-corrected chi connectivity index (χ3v) is 4.66. The Morgan fingerprint density at radius 3 is 2.84 bits per heavy atom. The lowest BCUT2D eigenvalue weighted by molar-refractivity contribution is 0.411. The molecule has 7 heteroatoms. The molecule has 0 bridgehead atoms. The van der Waals surface area contributed by atoms with Gasteiger partial charge in [0.25, 0.3) is 0 Å². The summed E-state index contributed by atoms with van der Waals surface area (Å²) in [6.07, 6.45) is 0. The van der Waals surface area contributed by atoms with Crippen LogP contribution in [0.25, 0.3) is 16.6 Å². The Balaban J connectivity index is 1.73. The molecule has 3 N–H and O–H groups in total. The molecule has 1 aliphatic heterocycles. The zero-order chi connectivity index (χ0) is 17.7. The highest BCUT2D eigenvalue weighted by molar-refractivity contribution is 6.33. The number of hydrogen-bond acceptors (Lipinski definition) is 3. The molecule has 3 aromatic rings. The van der Waals surface area contributed by atoms with Gasteiger partial charge in [0.05, 0.1) is 23.2 Å². The Morgan fingerprint density at radius 2 is 2.08 bits per heavy atom. The molecule has 5 nitrogen and oxygen atoms in total. The zero-order valence-electron chi connectivity index (χ0n) is 13.3. The van der Waals surface area contributed by atoms with Crippen molar-refractivity contribution in [3.05, 3.63) is 64.4 Å². The first-order valence-corrected chi connectivity index (χ1v) is 8.02. The highest BCUT2D eigenvalue weighted by Gasteiger charge is 2.31. The van der Waals surface area contributed by atoms with Gasteiger partial charge in [0, 0.05) is 10.7 Å². The van der Waals surface area contributed by atoms with E-state index in [4.69, 9.17) is 17.0 Å². The first-order valence-electron chi connectivity index (χ1n) is 7.64. The second-order valence-electron chi connectivity index (χ2n) is 5.94. The van der Waals surface area contributed by atoms with Crippen LogP contribution in [0.3, 0.4) is 0 Å². The van der Waals surface area contributed by atoms with Crippen molar-refractivity contribution in [1.82, 2.24) is 9.97 Å². The molecule has 0 radical (unpaired) electrons. The minimum Gasteiger partial charge on any atom is -0.509 e. The number of imidazole rings is 1. The second-order valence-corrected chi connectivity index (χ2v) is 6.34. The minimum absolute atomic E-state index is 0.0289. The van der Waals surface area contributed by atoms with Crippen LogP contribution in [0.2, 0.25) is 5.02 Å². The number of halogens is 2. The van der Waals surface area contributed by atoms with E-state index in [1.807, 2.05) is 19.1 Å². The Bertz CT molecular complexity index is 1060. The monoisotopic (exact) mass is 356 g/mol. The molecule has 0 amide bonds. The molecule has 0 saturated heterocycles. The van der Waals surface area contributed by atoms with Crippen molar-refractivity contribution in [2.75, 3.05) is 11.4 Å². The van der Waals surface area contributed by atoms with Gasteiger partial charge in [-0.3, -0.25) is 5.41 Å². The lowest BCUT2D eigenvalue weighted by atomic mass is 10.2. The van der Waals surface area contributed by atoms with Gasteiger partial charge in [-0.15, -0.1) is 0 Å². The number of H-pyrrole nitrogens is 1. The number of aromatic nitrogens is 2. The largest absolute Gasteiger partial charge is 0.509 e. The maximum Gasteiger partial charge on any atom is 0.145 e. The lowest BCUT2D eigenvalue weighted by Gasteiger charge is -2.19. The van der Waals surface area contributed by atoms with Gasteiger partial charge in [0.15, 0.2) is 0 Å². The smallest absolute Gasteiger partial charge is 0.145 e. The quantitative estimate of drug-likeness (QED) is 0.635. The summed E-state index contributed by atoms with van der Waals surface area (Å²) in [6.45, 7) is 2.05. The van der Waals surface area contributed by atoms with Crippen LogP contribution in [-0.4, -0.2) is 27.5 Å². The minimum atomic E-state index is -0.377.